The fourth-order valence-electron chi connectivity index (χ4n) is 2.75. The average molecular weight is 407 g/mol. The number of hydrogen-bond acceptors (Lipinski definition) is 6. The number of carbonyl (C=O) groups is 2. The van der Waals surface area contributed by atoms with Gasteiger partial charge in [-0.15, -0.1) is 0 Å². The number of ether oxygens (including phenoxy) is 1. The molecule has 3 rings (SSSR count). The maximum absolute atomic E-state index is 12.7. The fourth-order valence-corrected chi connectivity index (χ4v) is 2.75. The van der Waals surface area contributed by atoms with Crippen LogP contribution in [0.5, 0.6) is 5.75 Å². The Balaban J connectivity index is 1.88. The van der Waals surface area contributed by atoms with E-state index in [1.54, 1.807) is 36.4 Å². The van der Waals surface area contributed by atoms with E-state index in [2.05, 4.69) is 10.4 Å². The van der Waals surface area contributed by atoms with Crippen LogP contribution < -0.4 is 10.9 Å². The number of nitrogens with zero attached hydrogens (tertiary/aromatic N) is 2. The van der Waals surface area contributed by atoms with E-state index in [1.807, 2.05) is 19.9 Å². The smallest absolute Gasteiger partial charge is 0.338 e. The van der Waals surface area contributed by atoms with Crippen molar-refractivity contribution in [3.05, 3.63) is 81.8 Å². The zero-order chi connectivity index (χ0) is 21.7. The quantitative estimate of drug-likeness (QED) is 0.608. The third kappa shape index (κ3) is 4.72. The van der Waals surface area contributed by atoms with Crippen LogP contribution in [0.2, 0.25) is 0 Å². The lowest BCUT2D eigenvalue weighted by molar-refractivity contribution is 0.0505. The molecule has 0 saturated carbocycles. The molecule has 8 nitrogen and oxygen atoms in total. The van der Waals surface area contributed by atoms with Gasteiger partial charge in [0.1, 0.15) is 0 Å². The number of anilines is 1. The van der Waals surface area contributed by atoms with Crippen LogP contribution in [0.25, 0.3) is 5.69 Å². The summed E-state index contributed by atoms with van der Waals surface area (Å²) in [6.07, 6.45) is 0.698. The number of amides is 1. The predicted octanol–water partition coefficient (Wildman–Crippen LogP) is 3.07. The SMILES string of the molecule is CCCOC(=O)c1cccc(NC(=O)c2nn(-c3cccc(C)c3)c(=O)cc2O)c1. The molecule has 1 aromatic heterocycles. The Labute approximate surface area is 172 Å². The molecule has 1 amide bonds. The molecular weight excluding hydrogens is 386 g/mol. The molecule has 0 aliphatic carbocycles. The first-order valence-corrected chi connectivity index (χ1v) is 9.38. The van der Waals surface area contributed by atoms with Gasteiger partial charge in [0.05, 0.1) is 17.9 Å². The van der Waals surface area contributed by atoms with E-state index in [4.69, 9.17) is 4.74 Å². The number of aromatic nitrogens is 2. The number of aromatic hydroxyl groups is 1. The lowest BCUT2D eigenvalue weighted by Crippen LogP contribution is -2.25. The summed E-state index contributed by atoms with van der Waals surface area (Å²) in [5.41, 5.74) is 1.08. The van der Waals surface area contributed by atoms with Gasteiger partial charge in [-0.3, -0.25) is 9.59 Å². The summed E-state index contributed by atoms with van der Waals surface area (Å²) in [7, 11) is 0. The largest absolute Gasteiger partial charge is 0.505 e. The number of carbonyl (C=O) groups excluding carboxylic acids is 2. The second-order valence-electron chi connectivity index (χ2n) is 6.64. The molecule has 0 unspecified atom stereocenters. The van der Waals surface area contributed by atoms with Crippen molar-refractivity contribution in [3.63, 3.8) is 0 Å². The Kier molecular flexibility index (Phi) is 6.26. The van der Waals surface area contributed by atoms with Crippen molar-refractivity contribution >= 4 is 17.6 Å². The minimum Gasteiger partial charge on any atom is -0.505 e. The van der Waals surface area contributed by atoms with Gasteiger partial charge in [0, 0.05) is 11.8 Å². The molecule has 3 aromatic rings. The molecular formula is C22H21N3O5. The topological polar surface area (TPSA) is 111 Å². The van der Waals surface area contributed by atoms with Crippen molar-refractivity contribution in [2.75, 3.05) is 11.9 Å². The van der Waals surface area contributed by atoms with Crippen molar-refractivity contribution in [3.8, 4) is 11.4 Å². The van der Waals surface area contributed by atoms with Crippen molar-refractivity contribution in [1.29, 1.82) is 0 Å². The molecule has 2 aromatic carbocycles. The van der Waals surface area contributed by atoms with Gasteiger partial charge < -0.3 is 15.2 Å². The van der Waals surface area contributed by atoms with Gasteiger partial charge in [0.2, 0.25) is 0 Å². The van der Waals surface area contributed by atoms with Crippen LogP contribution in [0.3, 0.4) is 0 Å². The van der Waals surface area contributed by atoms with Crippen LogP contribution in [0.4, 0.5) is 5.69 Å². The summed E-state index contributed by atoms with van der Waals surface area (Å²) in [5.74, 6) is -1.77. The zero-order valence-electron chi connectivity index (χ0n) is 16.6. The van der Waals surface area contributed by atoms with E-state index in [-0.39, 0.29) is 11.3 Å². The van der Waals surface area contributed by atoms with Crippen LogP contribution in [0, 0.1) is 6.92 Å². The molecule has 0 radical (unpaired) electrons. The van der Waals surface area contributed by atoms with Crippen LogP contribution >= 0.6 is 0 Å². The Hall–Kier alpha value is -3.94. The third-order valence-corrected chi connectivity index (χ3v) is 4.17. The monoisotopic (exact) mass is 407 g/mol. The molecule has 0 saturated heterocycles. The van der Waals surface area contributed by atoms with Crippen molar-refractivity contribution in [2.45, 2.75) is 20.3 Å². The lowest BCUT2D eigenvalue weighted by atomic mass is 10.2. The van der Waals surface area contributed by atoms with Crippen molar-refractivity contribution in [1.82, 2.24) is 9.78 Å². The molecule has 0 aliphatic rings. The first-order chi connectivity index (χ1) is 14.4. The predicted molar refractivity (Wildman–Crippen MR) is 111 cm³/mol. The van der Waals surface area contributed by atoms with Crippen LogP contribution in [0.1, 0.15) is 39.8 Å². The Morgan fingerprint density at radius 3 is 2.63 bits per heavy atom. The summed E-state index contributed by atoms with van der Waals surface area (Å²) in [5, 5.41) is 16.7. The van der Waals surface area contributed by atoms with E-state index in [0.29, 0.717) is 24.4 Å². The normalized spacial score (nSPS) is 10.5. The Morgan fingerprint density at radius 1 is 1.13 bits per heavy atom. The van der Waals surface area contributed by atoms with Gasteiger partial charge in [-0.2, -0.15) is 9.78 Å². The van der Waals surface area contributed by atoms with Gasteiger partial charge >= 0.3 is 5.97 Å². The summed E-state index contributed by atoms with van der Waals surface area (Å²) in [4.78, 5) is 36.9. The molecule has 2 N–H and O–H groups in total. The van der Waals surface area contributed by atoms with E-state index in [0.717, 1.165) is 16.3 Å². The molecule has 154 valence electrons. The highest BCUT2D eigenvalue weighted by Crippen LogP contribution is 2.17. The van der Waals surface area contributed by atoms with Gasteiger partial charge in [-0.1, -0.05) is 25.1 Å². The minimum absolute atomic E-state index is 0.281. The zero-order valence-corrected chi connectivity index (χ0v) is 16.6. The lowest BCUT2D eigenvalue weighted by Gasteiger charge is -2.10. The standard InChI is InChI=1S/C22H21N3O5/c1-3-10-30-22(29)15-7-5-8-16(12-15)23-21(28)20-18(26)13-19(27)25(24-20)17-9-4-6-14(2)11-17/h4-9,11-13,26H,3,10H2,1-2H3,(H,23,28). The molecule has 8 heteroatoms. The number of benzene rings is 2. The number of aryl methyl sites for hydroxylation is 1. The molecule has 30 heavy (non-hydrogen) atoms. The van der Waals surface area contributed by atoms with Crippen molar-refractivity contribution in [2.24, 2.45) is 0 Å². The third-order valence-electron chi connectivity index (χ3n) is 4.17. The minimum atomic E-state index is -0.729. The highest BCUT2D eigenvalue weighted by Gasteiger charge is 2.18. The maximum atomic E-state index is 12.7. The van der Waals surface area contributed by atoms with Crippen LogP contribution in [-0.2, 0) is 4.74 Å². The molecule has 1 heterocycles. The Morgan fingerprint density at radius 2 is 1.90 bits per heavy atom. The molecule has 0 atom stereocenters. The maximum Gasteiger partial charge on any atom is 0.338 e. The van der Waals surface area contributed by atoms with Gasteiger partial charge in [0.25, 0.3) is 11.5 Å². The van der Waals surface area contributed by atoms with E-state index >= 15 is 0 Å². The van der Waals surface area contributed by atoms with E-state index < -0.39 is 23.2 Å². The number of nitrogens with one attached hydrogen (secondary N) is 1. The first kappa shape index (κ1) is 20.8. The highest BCUT2D eigenvalue weighted by atomic mass is 16.5. The highest BCUT2D eigenvalue weighted by molar-refractivity contribution is 6.05. The van der Waals surface area contributed by atoms with Crippen LogP contribution in [-0.4, -0.2) is 33.4 Å². The number of rotatable bonds is 6. The molecule has 0 spiro atoms. The molecule has 0 fully saturated rings. The van der Waals surface area contributed by atoms with E-state index in [9.17, 15) is 19.5 Å². The van der Waals surface area contributed by atoms with Gasteiger partial charge in [-0.05, 0) is 49.2 Å². The summed E-state index contributed by atoms with van der Waals surface area (Å²) < 4.78 is 6.13. The Bertz CT molecular complexity index is 1150. The summed E-state index contributed by atoms with van der Waals surface area (Å²) in [6.45, 7) is 4.05. The van der Waals surface area contributed by atoms with Crippen molar-refractivity contribution < 1.29 is 19.4 Å². The average Bonchev–Trinajstić information content (AvgIpc) is 2.72. The summed E-state index contributed by atoms with van der Waals surface area (Å²) >= 11 is 0. The van der Waals surface area contributed by atoms with Crippen LogP contribution in [0.15, 0.2) is 59.4 Å². The molecule has 0 aliphatic heterocycles. The second-order valence-corrected chi connectivity index (χ2v) is 6.64. The summed E-state index contributed by atoms with van der Waals surface area (Å²) in [6, 6.07) is 14.2. The first-order valence-electron chi connectivity index (χ1n) is 9.38. The van der Waals surface area contributed by atoms with E-state index in [1.165, 1.54) is 6.07 Å². The molecule has 0 bridgehead atoms. The van der Waals surface area contributed by atoms with Gasteiger partial charge in [0.15, 0.2) is 11.4 Å². The second kappa shape index (κ2) is 9.04. The fraction of sp³-hybridized carbons (Fsp3) is 0.182. The number of esters is 1. The number of hydrogen-bond donors (Lipinski definition) is 2. The van der Waals surface area contributed by atoms with Gasteiger partial charge in [-0.25, -0.2) is 4.79 Å².